The van der Waals surface area contributed by atoms with E-state index in [0.717, 1.165) is 5.56 Å². The second kappa shape index (κ2) is 10.4. The zero-order chi connectivity index (χ0) is 22.4. The van der Waals surface area contributed by atoms with Gasteiger partial charge in [0.15, 0.2) is 0 Å². The molecule has 31 heavy (non-hydrogen) atoms. The van der Waals surface area contributed by atoms with E-state index in [-0.39, 0.29) is 38.8 Å². The van der Waals surface area contributed by atoms with Gasteiger partial charge in [-0.2, -0.15) is 0 Å². The van der Waals surface area contributed by atoms with Crippen molar-refractivity contribution in [2.24, 2.45) is 0 Å². The lowest BCUT2D eigenvalue weighted by atomic mass is 9.92. The summed E-state index contributed by atoms with van der Waals surface area (Å²) in [5.41, 5.74) is 2.66. The van der Waals surface area contributed by atoms with Crippen molar-refractivity contribution in [1.29, 1.82) is 0 Å². The monoisotopic (exact) mass is 430 g/mol. The average molecular weight is 430 g/mol. The highest BCUT2D eigenvalue weighted by molar-refractivity contribution is 5.72. The molecule has 0 bridgehead atoms. The number of halogens is 1. The number of carbonyl (C=O) groups excluding carboxylic acids is 1. The topological polar surface area (TPSA) is 88.1 Å². The van der Waals surface area contributed by atoms with E-state index in [1.807, 2.05) is 31.2 Å². The number of hydrogen-bond donors (Lipinski definition) is 2. The van der Waals surface area contributed by atoms with Gasteiger partial charge in [-0.25, -0.2) is 9.18 Å². The fraction of sp³-hybridized carbons (Fsp3) is 0.391. The summed E-state index contributed by atoms with van der Waals surface area (Å²) in [6.07, 6.45) is -2.38. The molecule has 2 aromatic carbocycles. The Morgan fingerprint density at radius 2 is 2.10 bits per heavy atom. The molecule has 8 heteroatoms. The molecule has 0 spiro atoms. The summed E-state index contributed by atoms with van der Waals surface area (Å²) in [6.45, 7) is 4.37. The highest BCUT2D eigenvalue weighted by Gasteiger charge is 2.34. The third-order valence-corrected chi connectivity index (χ3v) is 5.13. The molecular formula is C23H27FN2O5. The van der Waals surface area contributed by atoms with Gasteiger partial charge in [0, 0.05) is 25.6 Å². The van der Waals surface area contributed by atoms with E-state index in [4.69, 9.17) is 9.47 Å². The minimum atomic E-state index is -1.04. The molecule has 0 radical (unpaired) electrons. The maximum absolute atomic E-state index is 15.0. The number of carboxylic acid groups (broad SMARTS) is 1. The third kappa shape index (κ3) is 5.80. The Hall–Kier alpha value is -2.97. The first-order chi connectivity index (χ1) is 14.9. The lowest BCUT2D eigenvalue weighted by Crippen LogP contribution is -2.48. The van der Waals surface area contributed by atoms with E-state index >= 15 is 4.39 Å². The van der Waals surface area contributed by atoms with Gasteiger partial charge in [-0.05, 0) is 24.1 Å². The van der Waals surface area contributed by atoms with Crippen molar-refractivity contribution in [3.63, 3.8) is 0 Å². The highest BCUT2D eigenvalue weighted by atomic mass is 19.1. The van der Waals surface area contributed by atoms with E-state index in [0.29, 0.717) is 16.7 Å². The first-order valence-corrected chi connectivity index (χ1v) is 10.2. The molecule has 3 rings (SSSR count). The number of nitrogens with zero attached hydrogens (tertiary/aromatic N) is 1. The Balaban J connectivity index is 1.97. The molecule has 2 amide bonds. The second-order valence-corrected chi connectivity index (χ2v) is 7.49. The molecule has 1 heterocycles. The summed E-state index contributed by atoms with van der Waals surface area (Å²) in [7, 11) is 0. The standard InChI is InChI=1S/C23H27FN2O5/c1-15-5-3-6-17(13-15)21-18(7-4-8-19(21)24)22(31-11-9-25-16(2)27)20-14-26(23(28)29)10-12-30-20/h3-8,13,20,22H,9-12,14H2,1-2H3,(H,25,27)(H,28,29). The Morgan fingerprint density at radius 3 is 2.81 bits per heavy atom. The first-order valence-electron chi connectivity index (χ1n) is 10.2. The Bertz CT molecular complexity index is 936. The number of benzene rings is 2. The fourth-order valence-electron chi connectivity index (χ4n) is 3.73. The van der Waals surface area contributed by atoms with Crippen LogP contribution in [0.4, 0.5) is 9.18 Å². The van der Waals surface area contributed by atoms with Crippen LogP contribution in [-0.2, 0) is 14.3 Å². The molecule has 2 aromatic rings. The Labute approximate surface area is 180 Å². The number of rotatable bonds is 7. The first kappa shape index (κ1) is 22.7. The van der Waals surface area contributed by atoms with Gasteiger partial charge in [0.25, 0.3) is 0 Å². The number of nitrogens with one attached hydrogen (secondary N) is 1. The number of hydrogen-bond acceptors (Lipinski definition) is 4. The molecule has 1 fully saturated rings. The normalized spacial score (nSPS) is 17.3. The van der Waals surface area contributed by atoms with Gasteiger partial charge >= 0.3 is 6.09 Å². The molecule has 1 aliphatic rings. The van der Waals surface area contributed by atoms with Crippen molar-refractivity contribution in [2.75, 3.05) is 32.8 Å². The van der Waals surface area contributed by atoms with Crippen LogP contribution in [0.15, 0.2) is 42.5 Å². The van der Waals surface area contributed by atoms with Crippen molar-refractivity contribution >= 4 is 12.0 Å². The number of carbonyl (C=O) groups is 2. The summed E-state index contributed by atoms with van der Waals surface area (Å²) < 4.78 is 27.0. The van der Waals surface area contributed by atoms with E-state index in [1.165, 1.54) is 17.9 Å². The summed E-state index contributed by atoms with van der Waals surface area (Å²) in [6, 6.07) is 12.3. The van der Waals surface area contributed by atoms with Crippen LogP contribution in [0.2, 0.25) is 0 Å². The van der Waals surface area contributed by atoms with E-state index in [9.17, 15) is 14.7 Å². The molecule has 7 nitrogen and oxygen atoms in total. The van der Waals surface area contributed by atoms with Gasteiger partial charge < -0.3 is 24.8 Å². The molecule has 1 aliphatic heterocycles. The molecular weight excluding hydrogens is 403 g/mol. The van der Waals surface area contributed by atoms with E-state index in [2.05, 4.69) is 5.32 Å². The SMILES string of the molecule is CC(=O)NCCOC(c1cccc(F)c1-c1cccc(C)c1)C1CN(C(=O)O)CCO1. The van der Waals surface area contributed by atoms with Gasteiger partial charge in [-0.1, -0.05) is 42.0 Å². The van der Waals surface area contributed by atoms with Crippen LogP contribution in [0.1, 0.15) is 24.2 Å². The Morgan fingerprint density at radius 1 is 1.32 bits per heavy atom. The van der Waals surface area contributed by atoms with Crippen LogP contribution in [0.3, 0.4) is 0 Å². The fourth-order valence-corrected chi connectivity index (χ4v) is 3.73. The molecule has 2 unspecified atom stereocenters. The molecule has 0 aromatic heterocycles. The van der Waals surface area contributed by atoms with Crippen molar-refractivity contribution < 1.29 is 28.6 Å². The van der Waals surface area contributed by atoms with Crippen LogP contribution in [0, 0.1) is 12.7 Å². The van der Waals surface area contributed by atoms with Crippen LogP contribution in [0.5, 0.6) is 0 Å². The summed E-state index contributed by atoms with van der Waals surface area (Å²) in [5, 5.41) is 12.1. The van der Waals surface area contributed by atoms with E-state index < -0.39 is 24.1 Å². The predicted octanol–water partition coefficient (Wildman–Crippen LogP) is 3.37. The van der Waals surface area contributed by atoms with Crippen molar-refractivity contribution in [3.8, 4) is 11.1 Å². The molecule has 2 atom stereocenters. The quantitative estimate of drug-likeness (QED) is 0.658. The van der Waals surface area contributed by atoms with Gasteiger partial charge in [0.2, 0.25) is 5.91 Å². The summed E-state index contributed by atoms with van der Waals surface area (Å²) in [5.74, 6) is -0.582. The average Bonchev–Trinajstić information content (AvgIpc) is 2.73. The zero-order valence-electron chi connectivity index (χ0n) is 17.6. The van der Waals surface area contributed by atoms with Crippen LogP contribution in [0.25, 0.3) is 11.1 Å². The van der Waals surface area contributed by atoms with Gasteiger partial charge in [-0.15, -0.1) is 0 Å². The van der Waals surface area contributed by atoms with Gasteiger partial charge in [-0.3, -0.25) is 4.79 Å². The number of ether oxygens (including phenoxy) is 2. The maximum atomic E-state index is 15.0. The number of amides is 2. The maximum Gasteiger partial charge on any atom is 0.407 e. The van der Waals surface area contributed by atoms with Crippen LogP contribution in [-0.4, -0.2) is 61.0 Å². The summed E-state index contributed by atoms with van der Waals surface area (Å²) >= 11 is 0. The summed E-state index contributed by atoms with van der Waals surface area (Å²) in [4.78, 5) is 23.9. The van der Waals surface area contributed by atoms with Crippen molar-refractivity contribution in [2.45, 2.75) is 26.1 Å². The third-order valence-electron chi connectivity index (χ3n) is 5.13. The molecule has 2 N–H and O–H groups in total. The highest BCUT2D eigenvalue weighted by Crippen LogP contribution is 2.36. The molecule has 0 saturated carbocycles. The minimum Gasteiger partial charge on any atom is -0.465 e. The smallest absolute Gasteiger partial charge is 0.407 e. The minimum absolute atomic E-state index is 0.101. The van der Waals surface area contributed by atoms with Crippen molar-refractivity contribution in [3.05, 3.63) is 59.4 Å². The lowest BCUT2D eigenvalue weighted by Gasteiger charge is -2.36. The zero-order valence-corrected chi connectivity index (χ0v) is 17.6. The van der Waals surface area contributed by atoms with E-state index in [1.54, 1.807) is 12.1 Å². The number of morpholine rings is 1. The largest absolute Gasteiger partial charge is 0.465 e. The van der Waals surface area contributed by atoms with Gasteiger partial charge in [0.05, 0.1) is 19.8 Å². The predicted molar refractivity (Wildman–Crippen MR) is 113 cm³/mol. The van der Waals surface area contributed by atoms with Crippen LogP contribution < -0.4 is 5.32 Å². The second-order valence-electron chi connectivity index (χ2n) is 7.49. The van der Waals surface area contributed by atoms with Gasteiger partial charge in [0.1, 0.15) is 18.0 Å². The van der Waals surface area contributed by atoms with Crippen LogP contribution >= 0.6 is 0 Å². The molecule has 1 saturated heterocycles. The lowest BCUT2D eigenvalue weighted by molar-refractivity contribution is -0.121. The Kier molecular flexibility index (Phi) is 7.59. The number of aryl methyl sites for hydroxylation is 1. The molecule has 0 aliphatic carbocycles. The van der Waals surface area contributed by atoms with Crippen molar-refractivity contribution in [1.82, 2.24) is 10.2 Å². The molecule has 166 valence electrons.